The minimum Gasteiger partial charge on any atom is -0.462 e. The van der Waals surface area contributed by atoms with Gasteiger partial charge in [-0.1, -0.05) is 30.3 Å². The zero-order chi connectivity index (χ0) is 9.97. The minimum absolute atomic E-state index is 0.0404. The highest BCUT2D eigenvalue weighted by molar-refractivity contribution is 5.74. The summed E-state index contributed by atoms with van der Waals surface area (Å²) < 4.78 is 5.11. The van der Waals surface area contributed by atoms with E-state index >= 15 is 0 Å². The van der Waals surface area contributed by atoms with Crippen LogP contribution in [0.15, 0.2) is 30.3 Å². The Kier molecular flexibility index (Phi) is 2.53. The predicted octanol–water partition coefficient (Wildman–Crippen LogP) is 2.18. The molecule has 0 N–H and O–H groups in total. The van der Waals surface area contributed by atoms with Crippen LogP contribution in [0.5, 0.6) is 0 Å². The molecule has 0 amide bonds. The van der Waals surface area contributed by atoms with E-state index in [1.807, 2.05) is 25.1 Å². The number of carbonyl (C=O) groups excluding carboxylic acids is 1. The molecule has 2 atom stereocenters. The van der Waals surface area contributed by atoms with Crippen LogP contribution in [-0.4, -0.2) is 12.1 Å². The molecular weight excluding hydrogens is 176 g/mol. The van der Waals surface area contributed by atoms with E-state index in [4.69, 9.17) is 4.74 Å². The fraction of sp³-hybridized carbons (Fsp3) is 0.417. The van der Waals surface area contributed by atoms with E-state index in [2.05, 4.69) is 12.1 Å². The van der Waals surface area contributed by atoms with Crippen molar-refractivity contribution in [2.45, 2.75) is 25.9 Å². The summed E-state index contributed by atoms with van der Waals surface area (Å²) in [5.74, 6) is 0.0220. The smallest absolute Gasteiger partial charge is 0.309 e. The molecule has 1 heterocycles. The number of hydrogen-bond donors (Lipinski definition) is 0. The largest absolute Gasteiger partial charge is 0.462 e. The van der Waals surface area contributed by atoms with E-state index in [9.17, 15) is 4.79 Å². The molecule has 2 rings (SSSR count). The van der Waals surface area contributed by atoms with Crippen LogP contribution >= 0.6 is 0 Å². The van der Waals surface area contributed by atoms with Gasteiger partial charge in [-0.15, -0.1) is 0 Å². The van der Waals surface area contributed by atoms with Gasteiger partial charge < -0.3 is 4.74 Å². The average Bonchev–Trinajstić information content (AvgIpc) is 2.47. The molecule has 0 saturated carbocycles. The van der Waals surface area contributed by atoms with E-state index in [0.717, 1.165) is 12.8 Å². The van der Waals surface area contributed by atoms with Gasteiger partial charge in [0.1, 0.15) is 0 Å². The molecule has 0 bridgehead atoms. The second-order valence-corrected chi connectivity index (χ2v) is 3.87. The van der Waals surface area contributed by atoms with Gasteiger partial charge in [0.25, 0.3) is 0 Å². The lowest BCUT2D eigenvalue weighted by Gasteiger charge is -2.04. The SMILES string of the molecule is C[C@H]1C[C@H](Cc2ccccc2)C(=O)O1. The summed E-state index contributed by atoms with van der Waals surface area (Å²) in [4.78, 5) is 11.4. The standard InChI is InChI=1S/C12H14O2/c1-9-7-11(12(13)14-9)8-10-5-3-2-4-6-10/h2-6,9,11H,7-8H2,1H3/t9-,11+/m0/s1. The zero-order valence-electron chi connectivity index (χ0n) is 8.27. The number of esters is 1. The average molecular weight is 190 g/mol. The summed E-state index contributed by atoms with van der Waals surface area (Å²) in [6.45, 7) is 1.95. The Hall–Kier alpha value is -1.31. The van der Waals surface area contributed by atoms with E-state index in [0.29, 0.717) is 0 Å². The fourth-order valence-electron chi connectivity index (χ4n) is 1.90. The van der Waals surface area contributed by atoms with Gasteiger partial charge in [-0.3, -0.25) is 4.79 Å². The molecule has 0 radical (unpaired) electrons. The Morgan fingerprint density at radius 3 is 2.64 bits per heavy atom. The highest BCUT2D eigenvalue weighted by Crippen LogP contribution is 2.24. The van der Waals surface area contributed by atoms with Gasteiger partial charge in [0.2, 0.25) is 0 Å². The maximum absolute atomic E-state index is 11.4. The fourth-order valence-corrected chi connectivity index (χ4v) is 1.90. The zero-order valence-corrected chi connectivity index (χ0v) is 8.27. The molecule has 74 valence electrons. The molecule has 0 spiro atoms. The monoisotopic (exact) mass is 190 g/mol. The van der Waals surface area contributed by atoms with Crippen molar-refractivity contribution in [3.05, 3.63) is 35.9 Å². The third kappa shape index (κ3) is 1.95. The molecule has 14 heavy (non-hydrogen) atoms. The number of ether oxygens (including phenoxy) is 1. The van der Waals surface area contributed by atoms with Gasteiger partial charge in [0.15, 0.2) is 0 Å². The number of rotatable bonds is 2. The van der Waals surface area contributed by atoms with Crippen LogP contribution in [0.4, 0.5) is 0 Å². The Morgan fingerprint density at radius 1 is 1.36 bits per heavy atom. The topological polar surface area (TPSA) is 26.3 Å². The first-order chi connectivity index (χ1) is 6.75. The Bertz CT molecular complexity index is 318. The summed E-state index contributed by atoms with van der Waals surface area (Å²) in [5.41, 5.74) is 1.21. The second kappa shape index (κ2) is 3.82. The predicted molar refractivity (Wildman–Crippen MR) is 53.8 cm³/mol. The molecule has 0 aliphatic carbocycles. The molecule has 1 saturated heterocycles. The van der Waals surface area contributed by atoms with Gasteiger partial charge >= 0.3 is 5.97 Å². The maximum atomic E-state index is 11.4. The molecule has 1 aromatic rings. The maximum Gasteiger partial charge on any atom is 0.309 e. The van der Waals surface area contributed by atoms with Crippen LogP contribution < -0.4 is 0 Å². The third-order valence-electron chi connectivity index (χ3n) is 2.59. The summed E-state index contributed by atoms with van der Waals surface area (Å²) in [6, 6.07) is 10.1. The first kappa shape index (κ1) is 9.25. The lowest BCUT2D eigenvalue weighted by molar-refractivity contribution is -0.143. The summed E-state index contributed by atoms with van der Waals surface area (Å²) in [5, 5.41) is 0. The number of cyclic esters (lactones) is 1. The van der Waals surface area contributed by atoms with E-state index in [1.54, 1.807) is 0 Å². The van der Waals surface area contributed by atoms with Gasteiger partial charge in [0, 0.05) is 0 Å². The summed E-state index contributed by atoms with van der Waals surface area (Å²) in [7, 11) is 0. The second-order valence-electron chi connectivity index (χ2n) is 3.87. The van der Waals surface area contributed by atoms with Crippen LogP contribution in [0.2, 0.25) is 0 Å². The van der Waals surface area contributed by atoms with Crippen LogP contribution in [0.1, 0.15) is 18.9 Å². The van der Waals surface area contributed by atoms with E-state index in [-0.39, 0.29) is 18.0 Å². The van der Waals surface area contributed by atoms with Gasteiger partial charge in [0.05, 0.1) is 12.0 Å². The number of carbonyl (C=O) groups is 1. The quantitative estimate of drug-likeness (QED) is 0.668. The number of hydrogen-bond acceptors (Lipinski definition) is 2. The first-order valence-electron chi connectivity index (χ1n) is 5.00. The van der Waals surface area contributed by atoms with Crippen LogP contribution in [0.25, 0.3) is 0 Å². The van der Waals surface area contributed by atoms with Crippen molar-refractivity contribution in [2.75, 3.05) is 0 Å². The first-order valence-corrected chi connectivity index (χ1v) is 5.00. The van der Waals surface area contributed by atoms with Gasteiger partial charge in [-0.25, -0.2) is 0 Å². The highest BCUT2D eigenvalue weighted by atomic mass is 16.5. The Labute approximate surface area is 83.9 Å². The van der Waals surface area contributed by atoms with E-state index < -0.39 is 0 Å². The molecule has 1 aliphatic rings. The van der Waals surface area contributed by atoms with Gasteiger partial charge in [-0.2, -0.15) is 0 Å². The molecular formula is C12H14O2. The van der Waals surface area contributed by atoms with Crippen molar-refractivity contribution in [1.29, 1.82) is 0 Å². The van der Waals surface area contributed by atoms with Gasteiger partial charge in [-0.05, 0) is 25.3 Å². The molecule has 1 aromatic carbocycles. The molecule has 1 fully saturated rings. The van der Waals surface area contributed by atoms with E-state index in [1.165, 1.54) is 5.56 Å². The third-order valence-corrected chi connectivity index (χ3v) is 2.59. The van der Waals surface area contributed by atoms with Crippen LogP contribution in [0, 0.1) is 5.92 Å². The molecule has 1 aliphatic heterocycles. The van der Waals surface area contributed by atoms with Crippen molar-refractivity contribution < 1.29 is 9.53 Å². The number of benzene rings is 1. The minimum atomic E-state index is -0.0404. The van der Waals surface area contributed by atoms with Crippen molar-refractivity contribution in [3.8, 4) is 0 Å². The summed E-state index contributed by atoms with van der Waals surface area (Å²) >= 11 is 0. The van der Waals surface area contributed by atoms with Crippen molar-refractivity contribution in [1.82, 2.24) is 0 Å². The molecule has 0 unspecified atom stereocenters. The van der Waals surface area contributed by atoms with Crippen molar-refractivity contribution in [3.63, 3.8) is 0 Å². The van der Waals surface area contributed by atoms with Crippen LogP contribution in [-0.2, 0) is 16.0 Å². The normalized spacial score (nSPS) is 26.2. The molecule has 0 aromatic heterocycles. The molecule has 2 nitrogen and oxygen atoms in total. The molecule has 2 heteroatoms. The van der Waals surface area contributed by atoms with Crippen LogP contribution in [0.3, 0.4) is 0 Å². The Balaban J connectivity index is 2.02. The van der Waals surface area contributed by atoms with Crippen molar-refractivity contribution in [2.24, 2.45) is 5.92 Å². The Morgan fingerprint density at radius 2 is 2.07 bits per heavy atom. The lowest BCUT2D eigenvalue weighted by Crippen LogP contribution is -2.10. The summed E-state index contributed by atoms with van der Waals surface area (Å²) in [6.07, 6.45) is 1.76. The van der Waals surface area contributed by atoms with Crippen molar-refractivity contribution >= 4 is 5.97 Å². The lowest BCUT2D eigenvalue weighted by atomic mass is 9.97. The highest BCUT2D eigenvalue weighted by Gasteiger charge is 2.31.